The molecule has 0 aromatic carbocycles. The van der Waals surface area contributed by atoms with Crippen LogP contribution < -0.4 is 0 Å². The van der Waals surface area contributed by atoms with Crippen molar-refractivity contribution in [2.75, 3.05) is 40.4 Å². The lowest BCUT2D eigenvalue weighted by Crippen LogP contribution is -2.48. The van der Waals surface area contributed by atoms with Gasteiger partial charge in [-0.15, -0.1) is 0 Å². The number of rotatable bonds is 12. The Morgan fingerprint density at radius 3 is 1.48 bits per heavy atom. The number of esters is 2. The first-order valence-electron chi connectivity index (χ1n) is 8.04. The molecular weight excluding hydrogens is 270 g/mol. The van der Waals surface area contributed by atoms with Crippen LogP contribution in [0.15, 0.2) is 0 Å². The number of carbonyl (C=O) groups is 2. The van der Waals surface area contributed by atoms with Gasteiger partial charge in [-0.25, -0.2) is 9.59 Å². The summed E-state index contributed by atoms with van der Waals surface area (Å²) in [6.07, 6.45) is 6.13. The fraction of sp³-hybridized carbons (Fsp3) is 0.875. The van der Waals surface area contributed by atoms with Gasteiger partial charge in [-0.3, -0.25) is 0 Å². The highest BCUT2D eigenvalue weighted by molar-refractivity contribution is 5.73. The van der Waals surface area contributed by atoms with Gasteiger partial charge >= 0.3 is 11.9 Å². The highest BCUT2D eigenvalue weighted by Gasteiger charge is 2.25. The summed E-state index contributed by atoms with van der Waals surface area (Å²) < 4.78 is 10.6. The van der Waals surface area contributed by atoms with Crippen LogP contribution in [0.2, 0.25) is 0 Å². The average molecular weight is 302 g/mol. The normalized spacial score (nSPS) is 11.2. The van der Waals surface area contributed by atoms with Crippen molar-refractivity contribution in [3.8, 4) is 0 Å². The molecule has 0 radical (unpaired) electrons. The van der Waals surface area contributed by atoms with Gasteiger partial charge in [0.05, 0.1) is 27.3 Å². The molecule has 124 valence electrons. The third kappa shape index (κ3) is 12.4. The first-order chi connectivity index (χ1) is 9.91. The van der Waals surface area contributed by atoms with Crippen molar-refractivity contribution in [1.82, 2.24) is 0 Å². The molecule has 0 atom stereocenters. The third-order valence-corrected chi connectivity index (χ3v) is 3.14. The summed E-state index contributed by atoms with van der Waals surface area (Å²) in [5.74, 6) is -0.509. The van der Waals surface area contributed by atoms with Gasteiger partial charge in [0.1, 0.15) is 0 Å². The summed E-state index contributed by atoms with van der Waals surface area (Å²) in [5, 5.41) is 0. The molecule has 0 saturated heterocycles. The van der Waals surface area contributed by atoms with Crippen molar-refractivity contribution in [1.29, 1.82) is 0 Å². The van der Waals surface area contributed by atoms with Crippen LogP contribution in [0.4, 0.5) is 0 Å². The highest BCUT2D eigenvalue weighted by atomic mass is 16.5. The van der Waals surface area contributed by atoms with E-state index < -0.39 is 0 Å². The zero-order chi connectivity index (χ0) is 16.1. The second-order valence-electron chi connectivity index (χ2n) is 6.11. The molecule has 0 unspecified atom stereocenters. The second-order valence-corrected chi connectivity index (χ2v) is 6.11. The molecular formula is C16H32NO4+. The Balaban J connectivity index is 3.89. The van der Waals surface area contributed by atoms with E-state index in [9.17, 15) is 9.59 Å². The van der Waals surface area contributed by atoms with Gasteiger partial charge in [0.15, 0.2) is 13.1 Å². The van der Waals surface area contributed by atoms with E-state index in [0.29, 0.717) is 13.2 Å². The molecule has 0 aromatic heterocycles. The fourth-order valence-electron chi connectivity index (χ4n) is 1.92. The first kappa shape index (κ1) is 19.9. The Morgan fingerprint density at radius 2 is 1.14 bits per heavy atom. The predicted molar refractivity (Wildman–Crippen MR) is 82.8 cm³/mol. The van der Waals surface area contributed by atoms with Gasteiger partial charge in [-0.1, -0.05) is 39.5 Å². The van der Waals surface area contributed by atoms with Crippen LogP contribution in [-0.2, 0) is 19.1 Å². The van der Waals surface area contributed by atoms with E-state index in [2.05, 4.69) is 13.8 Å². The standard InChI is InChI=1S/C16H32NO4/c1-5-7-9-11-20-15(18)13-17(3,4)14-16(19)21-12-10-8-6-2/h5-14H2,1-4H3/q+1. The van der Waals surface area contributed by atoms with E-state index >= 15 is 0 Å². The maximum atomic E-state index is 11.7. The molecule has 0 fully saturated rings. The van der Waals surface area contributed by atoms with Crippen LogP contribution in [0.5, 0.6) is 0 Å². The quantitative estimate of drug-likeness (QED) is 0.316. The van der Waals surface area contributed by atoms with Crippen LogP contribution in [-0.4, -0.2) is 56.8 Å². The molecule has 5 heteroatoms. The second kappa shape index (κ2) is 11.5. The molecule has 0 aliphatic heterocycles. The molecule has 0 rings (SSSR count). The molecule has 0 bridgehead atoms. The fourth-order valence-corrected chi connectivity index (χ4v) is 1.92. The van der Waals surface area contributed by atoms with Gasteiger partial charge in [0, 0.05) is 0 Å². The van der Waals surface area contributed by atoms with Gasteiger partial charge in [0.25, 0.3) is 0 Å². The topological polar surface area (TPSA) is 52.6 Å². The lowest BCUT2D eigenvalue weighted by atomic mass is 10.3. The van der Waals surface area contributed by atoms with Gasteiger partial charge in [-0.05, 0) is 12.8 Å². The summed E-state index contributed by atoms with van der Waals surface area (Å²) in [6.45, 7) is 5.52. The summed E-state index contributed by atoms with van der Waals surface area (Å²) >= 11 is 0. The molecule has 0 heterocycles. The number of unbranched alkanes of at least 4 members (excludes halogenated alkanes) is 4. The number of nitrogens with zero attached hydrogens (tertiary/aromatic N) is 1. The number of hydrogen-bond acceptors (Lipinski definition) is 4. The van der Waals surface area contributed by atoms with Crippen LogP contribution in [0, 0.1) is 0 Å². The zero-order valence-corrected chi connectivity index (χ0v) is 14.2. The zero-order valence-electron chi connectivity index (χ0n) is 14.2. The minimum atomic E-state index is -0.255. The van der Waals surface area contributed by atoms with E-state index in [1.807, 2.05) is 14.1 Å². The summed E-state index contributed by atoms with van der Waals surface area (Å²) in [5.41, 5.74) is 0. The summed E-state index contributed by atoms with van der Waals surface area (Å²) in [6, 6.07) is 0. The Morgan fingerprint density at radius 1 is 0.762 bits per heavy atom. The number of ether oxygens (including phenoxy) is 2. The van der Waals surface area contributed by atoms with Gasteiger partial charge < -0.3 is 14.0 Å². The van der Waals surface area contributed by atoms with Crippen molar-refractivity contribution in [2.45, 2.75) is 52.4 Å². The Hall–Kier alpha value is -1.10. The van der Waals surface area contributed by atoms with Crippen LogP contribution >= 0.6 is 0 Å². The van der Waals surface area contributed by atoms with E-state index in [4.69, 9.17) is 9.47 Å². The maximum absolute atomic E-state index is 11.7. The lowest BCUT2D eigenvalue weighted by molar-refractivity contribution is -0.875. The third-order valence-electron chi connectivity index (χ3n) is 3.14. The van der Waals surface area contributed by atoms with Gasteiger partial charge in [-0.2, -0.15) is 0 Å². The van der Waals surface area contributed by atoms with E-state index in [0.717, 1.165) is 38.5 Å². The van der Waals surface area contributed by atoms with E-state index in [1.165, 1.54) is 0 Å². The van der Waals surface area contributed by atoms with Crippen molar-refractivity contribution in [2.24, 2.45) is 0 Å². The Kier molecular flexibility index (Phi) is 10.9. The first-order valence-corrected chi connectivity index (χ1v) is 8.04. The van der Waals surface area contributed by atoms with Crippen molar-refractivity contribution < 1.29 is 23.5 Å². The maximum Gasteiger partial charge on any atom is 0.361 e. The molecule has 21 heavy (non-hydrogen) atoms. The summed E-state index contributed by atoms with van der Waals surface area (Å²) in [7, 11) is 3.67. The van der Waals surface area contributed by atoms with E-state index in [1.54, 1.807) is 0 Å². The number of hydrogen-bond donors (Lipinski definition) is 0. The minimum absolute atomic E-state index is 0.191. The molecule has 5 nitrogen and oxygen atoms in total. The number of quaternary nitrogens is 1. The largest absolute Gasteiger partial charge is 0.462 e. The molecule has 0 N–H and O–H groups in total. The predicted octanol–water partition coefficient (Wildman–Crippen LogP) is 2.53. The van der Waals surface area contributed by atoms with Crippen LogP contribution in [0.1, 0.15) is 52.4 Å². The van der Waals surface area contributed by atoms with Crippen molar-refractivity contribution in [3.63, 3.8) is 0 Å². The minimum Gasteiger partial charge on any atom is -0.462 e. The molecule has 0 aromatic rings. The summed E-state index contributed by atoms with van der Waals surface area (Å²) in [4.78, 5) is 23.4. The van der Waals surface area contributed by atoms with Crippen LogP contribution in [0.3, 0.4) is 0 Å². The van der Waals surface area contributed by atoms with E-state index in [-0.39, 0.29) is 29.5 Å². The highest BCUT2D eigenvalue weighted by Crippen LogP contribution is 2.02. The van der Waals surface area contributed by atoms with Crippen LogP contribution in [0.25, 0.3) is 0 Å². The Labute approximate surface area is 129 Å². The van der Waals surface area contributed by atoms with Crippen molar-refractivity contribution in [3.05, 3.63) is 0 Å². The van der Waals surface area contributed by atoms with Gasteiger partial charge in [0.2, 0.25) is 0 Å². The Bertz CT molecular complexity index is 275. The smallest absolute Gasteiger partial charge is 0.361 e. The number of likely N-dealkylation sites (N-methyl/N-ethyl adjacent to an activating group) is 1. The monoisotopic (exact) mass is 302 g/mol. The molecule has 0 aliphatic rings. The molecule has 0 amide bonds. The molecule has 0 aliphatic carbocycles. The van der Waals surface area contributed by atoms with Crippen molar-refractivity contribution >= 4 is 11.9 Å². The average Bonchev–Trinajstić information content (AvgIpc) is 2.38. The SMILES string of the molecule is CCCCCOC(=O)C[N+](C)(C)CC(=O)OCCCCC. The lowest BCUT2D eigenvalue weighted by Gasteiger charge is -2.27. The molecule has 0 saturated carbocycles. The number of carbonyl (C=O) groups excluding carboxylic acids is 2. The molecule has 0 spiro atoms.